The van der Waals surface area contributed by atoms with E-state index in [1.165, 1.54) is 19.2 Å². The quantitative estimate of drug-likeness (QED) is 0.595. The van der Waals surface area contributed by atoms with Gasteiger partial charge in [-0.15, -0.1) is 19.7 Å². The average Bonchev–Trinajstić information content (AvgIpc) is 2.58. The second-order valence-corrected chi connectivity index (χ2v) is 5.66. The Hall–Kier alpha value is -1.99. The van der Waals surface area contributed by atoms with Crippen LogP contribution in [0.1, 0.15) is 24.5 Å². The maximum Gasteiger partial charge on any atom is 0.421 e. The number of methoxy groups -OCH3 is 1. The van der Waals surface area contributed by atoms with E-state index >= 15 is 0 Å². The van der Waals surface area contributed by atoms with Crippen LogP contribution in [-0.2, 0) is 5.60 Å². The molecule has 1 aromatic rings. The van der Waals surface area contributed by atoms with E-state index < -0.39 is 18.2 Å². The van der Waals surface area contributed by atoms with Gasteiger partial charge >= 0.3 is 6.18 Å². The molecule has 1 rings (SSSR count). The van der Waals surface area contributed by atoms with E-state index in [-0.39, 0.29) is 11.3 Å². The van der Waals surface area contributed by atoms with Crippen LogP contribution >= 0.6 is 0 Å². The van der Waals surface area contributed by atoms with E-state index in [1.54, 1.807) is 6.92 Å². The number of hydrogen-bond acceptors (Lipinski definition) is 4. The Bertz CT molecular complexity index is 560. The van der Waals surface area contributed by atoms with Crippen LogP contribution in [-0.4, -0.2) is 43.9 Å². The fourth-order valence-electron chi connectivity index (χ4n) is 1.78. The van der Waals surface area contributed by atoms with Crippen molar-refractivity contribution >= 4 is 5.69 Å². The fourth-order valence-corrected chi connectivity index (χ4v) is 1.78. The van der Waals surface area contributed by atoms with Crippen LogP contribution in [0.4, 0.5) is 18.9 Å². The lowest BCUT2D eigenvalue weighted by molar-refractivity contribution is -0.265. The minimum atomic E-state index is -4.85. The van der Waals surface area contributed by atoms with Crippen LogP contribution in [0.5, 0.6) is 5.75 Å². The number of ether oxygens (including phenoxy) is 1. The van der Waals surface area contributed by atoms with E-state index in [1.807, 2.05) is 0 Å². The number of nitrogen functional groups attached to an aromatic ring is 1. The third-order valence-corrected chi connectivity index (χ3v) is 3.57. The van der Waals surface area contributed by atoms with Crippen molar-refractivity contribution in [2.45, 2.75) is 32.0 Å². The number of rotatable bonds is 5. The monoisotopic (exact) mass is 376 g/mol. The topological polar surface area (TPSA) is 58.7 Å². The summed E-state index contributed by atoms with van der Waals surface area (Å²) < 4.78 is 44.3. The van der Waals surface area contributed by atoms with Crippen molar-refractivity contribution < 1.29 is 23.0 Å². The van der Waals surface area contributed by atoms with E-state index in [9.17, 15) is 18.3 Å². The van der Waals surface area contributed by atoms with Gasteiger partial charge in [0.2, 0.25) is 0 Å². The Morgan fingerprint density at radius 3 is 2.04 bits per heavy atom. The SMILES string of the molecule is C=C.C=CCC(O)(c1cc(C)c(N)cc1OC)C(F)(F)F.CCN(C)C. The molecular formula is C19H31F3N2O2. The summed E-state index contributed by atoms with van der Waals surface area (Å²) in [6, 6.07) is 2.45. The number of halogens is 3. The normalized spacial score (nSPS) is 12.8. The highest BCUT2D eigenvalue weighted by Crippen LogP contribution is 2.46. The summed E-state index contributed by atoms with van der Waals surface area (Å²) in [5, 5.41) is 10.0. The molecule has 0 aliphatic carbocycles. The summed E-state index contributed by atoms with van der Waals surface area (Å²) in [6.07, 6.45) is -4.51. The van der Waals surface area contributed by atoms with Gasteiger partial charge in [-0.1, -0.05) is 13.0 Å². The third-order valence-electron chi connectivity index (χ3n) is 3.57. The summed E-state index contributed by atoms with van der Waals surface area (Å²) in [4.78, 5) is 2.12. The molecule has 0 fully saturated rings. The van der Waals surface area contributed by atoms with Crippen molar-refractivity contribution in [3.8, 4) is 5.75 Å². The van der Waals surface area contributed by atoms with Gasteiger partial charge in [0, 0.05) is 23.7 Å². The predicted octanol–water partition coefficient (Wildman–Crippen LogP) is 4.28. The van der Waals surface area contributed by atoms with Crippen LogP contribution in [0.2, 0.25) is 0 Å². The van der Waals surface area contributed by atoms with Gasteiger partial charge in [-0.3, -0.25) is 0 Å². The second-order valence-electron chi connectivity index (χ2n) is 5.66. The van der Waals surface area contributed by atoms with E-state index in [0.717, 1.165) is 12.6 Å². The first-order chi connectivity index (χ1) is 11.9. The first-order valence-electron chi connectivity index (χ1n) is 7.93. The van der Waals surface area contributed by atoms with Crippen molar-refractivity contribution in [2.75, 3.05) is 33.5 Å². The van der Waals surface area contributed by atoms with Crippen LogP contribution in [0.25, 0.3) is 0 Å². The Morgan fingerprint density at radius 2 is 1.73 bits per heavy atom. The van der Waals surface area contributed by atoms with Crippen molar-refractivity contribution in [1.82, 2.24) is 4.90 Å². The number of benzene rings is 1. The molecule has 4 nitrogen and oxygen atoms in total. The smallest absolute Gasteiger partial charge is 0.421 e. The van der Waals surface area contributed by atoms with Gasteiger partial charge in [-0.25, -0.2) is 0 Å². The fraction of sp³-hybridized carbons (Fsp3) is 0.474. The lowest BCUT2D eigenvalue weighted by Crippen LogP contribution is -2.42. The highest BCUT2D eigenvalue weighted by molar-refractivity contribution is 5.56. The number of nitrogens with zero attached hydrogens (tertiary/aromatic N) is 1. The molecule has 150 valence electrons. The molecule has 0 bridgehead atoms. The molecule has 3 N–H and O–H groups in total. The summed E-state index contributed by atoms with van der Waals surface area (Å²) in [5.74, 6) is -0.107. The zero-order valence-electron chi connectivity index (χ0n) is 16.3. The van der Waals surface area contributed by atoms with E-state index in [2.05, 4.69) is 45.7 Å². The van der Waals surface area contributed by atoms with Crippen LogP contribution in [0, 0.1) is 6.92 Å². The number of hydrogen-bond donors (Lipinski definition) is 2. The molecule has 0 radical (unpaired) electrons. The van der Waals surface area contributed by atoms with Crippen LogP contribution in [0.3, 0.4) is 0 Å². The molecule has 1 atom stereocenters. The van der Waals surface area contributed by atoms with Gasteiger partial charge in [0.05, 0.1) is 7.11 Å². The minimum Gasteiger partial charge on any atom is -0.496 e. The molecule has 0 heterocycles. The van der Waals surface area contributed by atoms with Crippen molar-refractivity contribution in [3.63, 3.8) is 0 Å². The first-order valence-corrected chi connectivity index (χ1v) is 7.93. The highest BCUT2D eigenvalue weighted by Gasteiger charge is 2.55. The summed E-state index contributed by atoms with van der Waals surface area (Å²) in [7, 11) is 5.33. The second kappa shape index (κ2) is 11.6. The molecule has 1 unspecified atom stereocenters. The molecule has 7 heteroatoms. The zero-order valence-corrected chi connectivity index (χ0v) is 16.3. The molecular weight excluding hydrogens is 345 g/mol. The highest BCUT2D eigenvalue weighted by atomic mass is 19.4. The summed E-state index contributed by atoms with van der Waals surface area (Å²) >= 11 is 0. The first kappa shape index (κ1) is 26.2. The van der Waals surface area contributed by atoms with E-state index in [4.69, 9.17) is 10.5 Å². The van der Waals surface area contributed by atoms with Crippen molar-refractivity contribution in [3.05, 3.63) is 49.1 Å². The Morgan fingerprint density at radius 1 is 1.27 bits per heavy atom. The van der Waals surface area contributed by atoms with Crippen molar-refractivity contribution in [2.24, 2.45) is 0 Å². The molecule has 0 aliphatic rings. The number of aryl methyl sites for hydroxylation is 1. The zero-order chi connectivity index (χ0) is 21.1. The standard InChI is InChI=1S/C13H16F3NO2.C4H11N.C2H4/c1-4-5-12(18,13(14,15)16)9-6-8(2)10(17)7-11(9)19-3;1-4-5(2)3;1-2/h4,6-7,18H,1,5,17H2,2-3H3;4H2,1-3H3;1-2H2. The molecule has 0 saturated heterocycles. The molecule has 1 aromatic carbocycles. The third kappa shape index (κ3) is 7.09. The van der Waals surface area contributed by atoms with Gasteiger partial charge in [0.15, 0.2) is 5.60 Å². The Balaban J connectivity index is 0. The van der Waals surface area contributed by atoms with Crippen LogP contribution in [0.15, 0.2) is 37.9 Å². The number of aliphatic hydroxyl groups is 1. The summed E-state index contributed by atoms with van der Waals surface area (Å²) in [5.41, 5.74) is 2.95. The summed E-state index contributed by atoms with van der Waals surface area (Å²) in [6.45, 7) is 14.1. The predicted molar refractivity (Wildman–Crippen MR) is 102 cm³/mol. The number of alkyl halides is 3. The minimum absolute atomic E-state index is 0.107. The average molecular weight is 376 g/mol. The molecule has 26 heavy (non-hydrogen) atoms. The maximum atomic E-state index is 13.1. The van der Waals surface area contributed by atoms with Gasteiger partial charge < -0.3 is 20.5 Å². The lowest BCUT2D eigenvalue weighted by Gasteiger charge is -2.31. The molecule has 0 aliphatic heterocycles. The van der Waals surface area contributed by atoms with Gasteiger partial charge in [0.1, 0.15) is 5.75 Å². The Labute approximate surface area is 154 Å². The molecule has 0 aromatic heterocycles. The molecule has 0 spiro atoms. The molecule has 0 saturated carbocycles. The number of anilines is 1. The van der Waals surface area contributed by atoms with E-state index in [0.29, 0.717) is 11.3 Å². The van der Waals surface area contributed by atoms with Crippen LogP contribution < -0.4 is 10.5 Å². The van der Waals surface area contributed by atoms with Gasteiger partial charge in [0.25, 0.3) is 0 Å². The van der Waals surface area contributed by atoms with Gasteiger partial charge in [-0.05, 0) is 39.2 Å². The Kier molecular flexibility index (Phi) is 11.7. The largest absolute Gasteiger partial charge is 0.496 e. The molecule has 0 amide bonds. The van der Waals surface area contributed by atoms with Gasteiger partial charge in [-0.2, -0.15) is 13.2 Å². The lowest BCUT2D eigenvalue weighted by atomic mass is 9.87. The van der Waals surface area contributed by atoms with Crippen molar-refractivity contribution in [1.29, 1.82) is 0 Å². The maximum absolute atomic E-state index is 13.1. The number of nitrogens with two attached hydrogens (primary N) is 1.